The zero-order valence-electron chi connectivity index (χ0n) is 10.9. The Bertz CT molecular complexity index is 485. The van der Waals surface area contributed by atoms with Crippen LogP contribution in [0.1, 0.15) is 33.2 Å². The lowest BCUT2D eigenvalue weighted by atomic mass is 9.95. The molecular formula is C13H16O6. The first-order chi connectivity index (χ1) is 8.79. The molecule has 6 nitrogen and oxygen atoms in total. The Hall–Kier alpha value is -1.92. The smallest absolute Gasteiger partial charge is 0.337 e. The van der Waals surface area contributed by atoms with Crippen LogP contribution >= 0.6 is 0 Å². The molecule has 0 aromatic heterocycles. The standard InChI is InChI=1S/C13H16O6/c1-6-4-8(5-7(2)9(6)12(16)17)10(14)11(15)13(18)19-3/h4-5,10-11,14-15H,1-3H3,(H,16,17). The fraction of sp³-hybridized carbons (Fsp3) is 0.385. The predicted octanol–water partition coefficient (Wildman–Crippen LogP) is 0.569. The first kappa shape index (κ1) is 15.1. The second-order valence-corrected chi connectivity index (χ2v) is 4.25. The third kappa shape index (κ3) is 3.10. The first-order valence-corrected chi connectivity index (χ1v) is 5.58. The molecule has 0 amide bonds. The van der Waals surface area contributed by atoms with Gasteiger partial charge < -0.3 is 20.1 Å². The van der Waals surface area contributed by atoms with Gasteiger partial charge in [0.25, 0.3) is 0 Å². The molecule has 0 radical (unpaired) electrons. The molecule has 6 heteroatoms. The molecule has 0 bridgehead atoms. The average Bonchev–Trinajstić information content (AvgIpc) is 2.34. The molecule has 0 heterocycles. The number of aliphatic hydroxyl groups is 2. The van der Waals surface area contributed by atoms with Crippen LogP contribution in [0.4, 0.5) is 0 Å². The number of aliphatic hydroxyl groups excluding tert-OH is 2. The van der Waals surface area contributed by atoms with E-state index in [1.807, 2.05) is 0 Å². The number of benzene rings is 1. The summed E-state index contributed by atoms with van der Waals surface area (Å²) in [4.78, 5) is 22.2. The van der Waals surface area contributed by atoms with Crippen molar-refractivity contribution in [1.29, 1.82) is 0 Å². The maximum Gasteiger partial charge on any atom is 0.337 e. The van der Waals surface area contributed by atoms with Gasteiger partial charge in [-0.05, 0) is 30.5 Å². The van der Waals surface area contributed by atoms with E-state index < -0.39 is 24.1 Å². The number of rotatable bonds is 4. The number of ether oxygens (including phenoxy) is 1. The van der Waals surface area contributed by atoms with Gasteiger partial charge in [0.05, 0.1) is 12.7 Å². The summed E-state index contributed by atoms with van der Waals surface area (Å²) in [6, 6.07) is 2.85. The Morgan fingerprint density at radius 3 is 2.00 bits per heavy atom. The molecule has 0 aliphatic heterocycles. The summed E-state index contributed by atoms with van der Waals surface area (Å²) in [5.74, 6) is -2.02. The van der Waals surface area contributed by atoms with Gasteiger partial charge in [0, 0.05) is 0 Å². The molecule has 19 heavy (non-hydrogen) atoms. The number of esters is 1. The van der Waals surface area contributed by atoms with E-state index in [0.717, 1.165) is 7.11 Å². The van der Waals surface area contributed by atoms with Crippen molar-refractivity contribution in [1.82, 2.24) is 0 Å². The molecule has 1 rings (SSSR count). The second kappa shape index (κ2) is 5.81. The molecule has 3 N–H and O–H groups in total. The summed E-state index contributed by atoms with van der Waals surface area (Å²) in [7, 11) is 1.10. The van der Waals surface area contributed by atoms with E-state index in [0.29, 0.717) is 11.1 Å². The van der Waals surface area contributed by atoms with Gasteiger partial charge in [-0.2, -0.15) is 0 Å². The summed E-state index contributed by atoms with van der Waals surface area (Å²) in [5, 5.41) is 28.5. The minimum absolute atomic E-state index is 0.142. The maximum atomic E-state index is 11.1. The number of aryl methyl sites for hydroxylation is 2. The summed E-state index contributed by atoms with van der Waals surface area (Å²) in [6.45, 7) is 3.16. The summed E-state index contributed by atoms with van der Waals surface area (Å²) in [5.41, 5.74) is 1.29. The highest BCUT2D eigenvalue weighted by Crippen LogP contribution is 2.24. The number of carboxylic acids is 1. The third-order valence-corrected chi connectivity index (χ3v) is 2.85. The maximum absolute atomic E-state index is 11.1. The number of carboxylic acid groups (broad SMARTS) is 1. The minimum atomic E-state index is -1.71. The van der Waals surface area contributed by atoms with Crippen molar-refractivity contribution in [3.63, 3.8) is 0 Å². The van der Waals surface area contributed by atoms with Crippen molar-refractivity contribution in [2.24, 2.45) is 0 Å². The highest BCUT2D eigenvalue weighted by molar-refractivity contribution is 5.91. The van der Waals surface area contributed by atoms with Crippen molar-refractivity contribution in [2.75, 3.05) is 7.11 Å². The normalized spacial score (nSPS) is 13.7. The quantitative estimate of drug-likeness (QED) is 0.690. The largest absolute Gasteiger partial charge is 0.478 e. The molecule has 1 aromatic carbocycles. The lowest BCUT2D eigenvalue weighted by Crippen LogP contribution is -2.29. The van der Waals surface area contributed by atoms with Gasteiger partial charge in [0.1, 0.15) is 6.10 Å². The lowest BCUT2D eigenvalue weighted by Gasteiger charge is -2.18. The molecule has 2 atom stereocenters. The van der Waals surface area contributed by atoms with E-state index in [1.165, 1.54) is 12.1 Å². The zero-order valence-corrected chi connectivity index (χ0v) is 10.9. The van der Waals surface area contributed by atoms with Crippen LogP contribution < -0.4 is 0 Å². The van der Waals surface area contributed by atoms with Crippen LogP contribution in [0.2, 0.25) is 0 Å². The zero-order chi connectivity index (χ0) is 14.7. The van der Waals surface area contributed by atoms with E-state index in [9.17, 15) is 19.8 Å². The molecule has 0 aliphatic carbocycles. The summed E-state index contributed by atoms with van der Waals surface area (Å²) in [6.07, 6.45) is -3.17. The highest BCUT2D eigenvalue weighted by atomic mass is 16.5. The van der Waals surface area contributed by atoms with E-state index in [2.05, 4.69) is 4.74 Å². The molecular weight excluding hydrogens is 252 g/mol. The van der Waals surface area contributed by atoms with Gasteiger partial charge in [-0.1, -0.05) is 12.1 Å². The summed E-state index contributed by atoms with van der Waals surface area (Å²) < 4.78 is 4.33. The topological polar surface area (TPSA) is 104 Å². The number of methoxy groups -OCH3 is 1. The van der Waals surface area contributed by atoms with Crippen molar-refractivity contribution in [3.05, 3.63) is 34.4 Å². The summed E-state index contributed by atoms with van der Waals surface area (Å²) >= 11 is 0. The molecule has 104 valence electrons. The van der Waals surface area contributed by atoms with Crippen LogP contribution in [0.15, 0.2) is 12.1 Å². The molecule has 0 saturated heterocycles. The van der Waals surface area contributed by atoms with Crippen molar-refractivity contribution >= 4 is 11.9 Å². The first-order valence-electron chi connectivity index (χ1n) is 5.58. The molecule has 1 aromatic rings. The number of aromatic carboxylic acids is 1. The number of hydrogen-bond acceptors (Lipinski definition) is 5. The number of carbonyl (C=O) groups is 2. The third-order valence-electron chi connectivity index (χ3n) is 2.85. The van der Waals surface area contributed by atoms with E-state index in [-0.39, 0.29) is 11.1 Å². The van der Waals surface area contributed by atoms with Gasteiger partial charge in [0.15, 0.2) is 6.10 Å². The molecule has 0 spiro atoms. The van der Waals surface area contributed by atoms with Crippen molar-refractivity contribution < 1.29 is 29.6 Å². The van der Waals surface area contributed by atoms with Crippen LogP contribution in [-0.4, -0.2) is 40.5 Å². The molecule has 0 saturated carbocycles. The predicted molar refractivity (Wildman–Crippen MR) is 65.9 cm³/mol. The minimum Gasteiger partial charge on any atom is -0.478 e. The van der Waals surface area contributed by atoms with Crippen LogP contribution in [0.25, 0.3) is 0 Å². The number of carbonyl (C=O) groups excluding carboxylic acids is 1. The fourth-order valence-corrected chi connectivity index (χ4v) is 1.94. The monoisotopic (exact) mass is 268 g/mol. The van der Waals surface area contributed by atoms with Gasteiger partial charge >= 0.3 is 11.9 Å². The van der Waals surface area contributed by atoms with Crippen molar-refractivity contribution in [3.8, 4) is 0 Å². The molecule has 2 unspecified atom stereocenters. The highest BCUT2D eigenvalue weighted by Gasteiger charge is 2.27. The Morgan fingerprint density at radius 1 is 1.16 bits per heavy atom. The van der Waals surface area contributed by atoms with Gasteiger partial charge in [-0.15, -0.1) is 0 Å². The SMILES string of the molecule is COC(=O)C(O)C(O)c1cc(C)c(C(=O)O)c(C)c1. The fourth-order valence-electron chi connectivity index (χ4n) is 1.94. The Morgan fingerprint density at radius 2 is 1.63 bits per heavy atom. The van der Waals surface area contributed by atoms with E-state index in [4.69, 9.17) is 5.11 Å². The van der Waals surface area contributed by atoms with Gasteiger partial charge in [0.2, 0.25) is 0 Å². The van der Waals surface area contributed by atoms with Crippen LogP contribution in [0.5, 0.6) is 0 Å². The van der Waals surface area contributed by atoms with Gasteiger partial charge in [-0.25, -0.2) is 9.59 Å². The second-order valence-electron chi connectivity index (χ2n) is 4.25. The van der Waals surface area contributed by atoms with Crippen LogP contribution in [0.3, 0.4) is 0 Å². The number of hydrogen-bond donors (Lipinski definition) is 3. The van der Waals surface area contributed by atoms with Crippen molar-refractivity contribution in [2.45, 2.75) is 26.1 Å². The Balaban J connectivity index is 3.16. The molecule has 0 aliphatic rings. The Kier molecular flexibility index (Phi) is 4.63. The van der Waals surface area contributed by atoms with E-state index in [1.54, 1.807) is 13.8 Å². The van der Waals surface area contributed by atoms with Crippen LogP contribution in [-0.2, 0) is 9.53 Å². The van der Waals surface area contributed by atoms with E-state index >= 15 is 0 Å². The average molecular weight is 268 g/mol. The van der Waals surface area contributed by atoms with Gasteiger partial charge in [-0.3, -0.25) is 0 Å². The molecule has 0 fully saturated rings. The lowest BCUT2D eigenvalue weighted by molar-refractivity contribution is -0.156. The Labute approximate surface area is 110 Å². The van der Waals surface area contributed by atoms with Crippen LogP contribution in [0, 0.1) is 13.8 Å².